The first-order valence-corrected chi connectivity index (χ1v) is 43.0. The summed E-state index contributed by atoms with van der Waals surface area (Å²) in [6, 6.07) is 0. The van der Waals surface area contributed by atoms with Crippen molar-refractivity contribution < 1.29 is 80.2 Å². The second-order valence-electron chi connectivity index (χ2n) is 28.7. The molecule has 0 bridgehead atoms. The second-order valence-corrected chi connectivity index (χ2v) is 31.6. The number of phosphoric ester groups is 2. The van der Waals surface area contributed by atoms with Gasteiger partial charge in [0.15, 0.2) is 12.2 Å². The number of hydrogen-bond acceptors (Lipinski definition) is 15. The van der Waals surface area contributed by atoms with E-state index in [0.717, 1.165) is 102 Å². The molecule has 0 heterocycles. The Bertz CT molecular complexity index is 1860. The lowest BCUT2D eigenvalue weighted by molar-refractivity contribution is -0.161. The van der Waals surface area contributed by atoms with E-state index in [-0.39, 0.29) is 25.7 Å². The van der Waals surface area contributed by atoms with Crippen molar-refractivity contribution in [3.63, 3.8) is 0 Å². The molecule has 0 amide bonds. The van der Waals surface area contributed by atoms with Crippen molar-refractivity contribution in [1.29, 1.82) is 0 Å². The summed E-state index contributed by atoms with van der Waals surface area (Å²) in [5.41, 5.74) is 0. The lowest BCUT2D eigenvalue weighted by Crippen LogP contribution is -2.30. The van der Waals surface area contributed by atoms with Crippen LogP contribution in [0.2, 0.25) is 0 Å². The molecule has 570 valence electrons. The van der Waals surface area contributed by atoms with Crippen LogP contribution in [-0.4, -0.2) is 96.7 Å². The molecule has 0 saturated heterocycles. The van der Waals surface area contributed by atoms with Crippen molar-refractivity contribution in [2.24, 2.45) is 11.8 Å². The average molecular weight is 1410 g/mol. The molecule has 17 nitrogen and oxygen atoms in total. The summed E-state index contributed by atoms with van der Waals surface area (Å²) in [7, 11) is -9.91. The smallest absolute Gasteiger partial charge is 0.462 e. The first-order chi connectivity index (χ1) is 46.4. The van der Waals surface area contributed by atoms with E-state index >= 15 is 0 Å². The SMILES string of the molecule is CCCCCCCCCCCCCCCCCCCCCCCC(=O)O[C@H](COC(=O)CCCCCCCCCCCCCCCC(C)C)COP(=O)(O)OC[C@@H](O)COP(=O)(O)OC[C@@H](COC(=O)CCCCCCCCC(C)C)OC(=O)CCCCCCCCCCCC. The summed E-state index contributed by atoms with van der Waals surface area (Å²) in [6.07, 6.45) is 57.2. The van der Waals surface area contributed by atoms with Crippen molar-refractivity contribution in [2.75, 3.05) is 39.6 Å². The van der Waals surface area contributed by atoms with E-state index in [1.807, 2.05) is 0 Å². The van der Waals surface area contributed by atoms with Crippen molar-refractivity contribution in [3.8, 4) is 0 Å². The van der Waals surface area contributed by atoms with Gasteiger partial charge in [-0.15, -0.1) is 0 Å². The monoisotopic (exact) mass is 1410 g/mol. The van der Waals surface area contributed by atoms with Gasteiger partial charge < -0.3 is 33.8 Å². The van der Waals surface area contributed by atoms with Gasteiger partial charge >= 0.3 is 39.5 Å². The van der Waals surface area contributed by atoms with E-state index in [9.17, 15) is 43.2 Å². The fraction of sp³-hybridized carbons (Fsp3) is 0.948. The van der Waals surface area contributed by atoms with Gasteiger partial charge in [-0.05, 0) is 37.5 Å². The molecular formula is C77H150O17P2. The minimum absolute atomic E-state index is 0.105. The summed E-state index contributed by atoms with van der Waals surface area (Å²) in [4.78, 5) is 72.7. The minimum atomic E-state index is -4.96. The zero-order valence-electron chi connectivity index (χ0n) is 62.7. The van der Waals surface area contributed by atoms with Crippen LogP contribution in [0.5, 0.6) is 0 Å². The van der Waals surface area contributed by atoms with Gasteiger partial charge in [0, 0.05) is 25.7 Å². The topological polar surface area (TPSA) is 237 Å². The molecule has 96 heavy (non-hydrogen) atoms. The van der Waals surface area contributed by atoms with Gasteiger partial charge in [0.25, 0.3) is 0 Å². The normalized spacial score (nSPS) is 14.0. The quantitative estimate of drug-likeness (QED) is 0.0222. The second kappa shape index (κ2) is 68.8. The van der Waals surface area contributed by atoms with Crippen molar-refractivity contribution in [1.82, 2.24) is 0 Å². The number of carbonyl (C=O) groups excluding carboxylic acids is 4. The predicted octanol–water partition coefficient (Wildman–Crippen LogP) is 22.7. The number of unbranched alkanes of at least 4 members (excludes halogenated alkanes) is 46. The molecule has 2 unspecified atom stereocenters. The maximum atomic E-state index is 13.1. The molecule has 0 aromatic rings. The van der Waals surface area contributed by atoms with Gasteiger partial charge in [-0.1, -0.05) is 350 Å². The number of aliphatic hydroxyl groups is 1. The Morgan fingerprint density at radius 2 is 0.479 bits per heavy atom. The zero-order valence-corrected chi connectivity index (χ0v) is 64.5. The molecule has 0 saturated carbocycles. The average Bonchev–Trinajstić information content (AvgIpc) is 2.47. The molecule has 0 aliphatic rings. The largest absolute Gasteiger partial charge is 0.472 e. The maximum absolute atomic E-state index is 13.1. The zero-order chi connectivity index (χ0) is 70.7. The van der Waals surface area contributed by atoms with Crippen LogP contribution in [-0.2, 0) is 65.4 Å². The van der Waals surface area contributed by atoms with Crippen LogP contribution >= 0.6 is 15.6 Å². The maximum Gasteiger partial charge on any atom is 0.472 e. The Balaban J connectivity index is 5.18. The molecule has 0 aliphatic heterocycles. The highest BCUT2D eigenvalue weighted by atomic mass is 31.2. The van der Waals surface area contributed by atoms with Crippen molar-refractivity contribution in [2.45, 2.75) is 419 Å². The Morgan fingerprint density at radius 3 is 0.708 bits per heavy atom. The molecule has 3 N–H and O–H groups in total. The third kappa shape index (κ3) is 70.5. The van der Waals surface area contributed by atoms with Crippen LogP contribution in [0.15, 0.2) is 0 Å². The van der Waals surface area contributed by atoms with Crippen LogP contribution in [0, 0.1) is 11.8 Å². The number of aliphatic hydroxyl groups excluding tert-OH is 1. The molecule has 0 aromatic carbocycles. The Labute approximate surface area is 588 Å². The van der Waals surface area contributed by atoms with Gasteiger partial charge in [-0.2, -0.15) is 0 Å². The number of hydrogen-bond donors (Lipinski definition) is 3. The van der Waals surface area contributed by atoms with Crippen LogP contribution < -0.4 is 0 Å². The van der Waals surface area contributed by atoms with Crippen LogP contribution in [0.4, 0.5) is 0 Å². The Morgan fingerprint density at radius 1 is 0.281 bits per heavy atom. The van der Waals surface area contributed by atoms with E-state index in [1.165, 1.54) is 212 Å². The Kier molecular flexibility index (Phi) is 67.4. The van der Waals surface area contributed by atoms with Gasteiger partial charge in [0.05, 0.1) is 26.4 Å². The van der Waals surface area contributed by atoms with E-state index in [4.69, 9.17) is 37.0 Å². The number of ether oxygens (including phenoxy) is 4. The molecule has 0 radical (unpaired) electrons. The first kappa shape index (κ1) is 94.1. The molecule has 19 heteroatoms. The van der Waals surface area contributed by atoms with E-state index < -0.39 is 97.5 Å². The van der Waals surface area contributed by atoms with Crippen LogP contribution in [0.3, 0.4) is 0 Å². The summed E-state index contributed by atoms with van der Waals surface area (Å²) in [6.45, 7) is 9.52. The number of phosphoric acid groups is 2. The lowest BCUT2D eigenvalue weighted by atomic mass is 10.0. The van der Waals surface area contributed by atoms with Gasteiger partial charge in [-0.25, -0.2) is 9.13 Å². The fourth-order valence-electron chi connectivity index (χ4n) is 11.8. The van der Waals surface area contributed by atoms with E-state index in [2.05, 4.69) is 41.5 Å². The highest BCUT2D eigenvalue weighted by molar-refractivity contribution is 7.47. The summed E-state index contributed by atoms with van der Waals surface area (Å²) in [5, 5.41) is 10.6. The number of esters is 4. The Hall–Kier alpha value is -1.94. The summed E-state index contributed by atoms with van der Waals surface area (Å²) < 4.78 is 68.5. The molecular weight excluding hydrogens is 1260 g/mol. The highest BCUT2D eigenvalue weighted by Crippen LogP contribution is 2.45. The first-order valence-electron chi connectivity index (χ1n) is 40.0. The molecule has 0 fully saturated rings. The fourth-order valence-corrected chi connectivity index (χ4v) is 13.4. The summed E-state index contributed by atoms with van der Waals surface area (Å²) in [5.74, 6) is -0.647. The third-order valence-electron chi connectivity index (χ3n) is 18.0. The van der Waals surface area contributed by atoms with E-state index in [0.29, 0.717) is 31.6 Å². The molecule has 5 atom stereocenters. The molecule has 0 aromatic heterocycles. The molecule has 0 spiro atoms. The minimum Gasteiger partial charge on any atom is -0.462 e. The number of carbonyl (C=O) groups is 4. The molecule has 0 aliphatic carbocycles. The molecule has 0 rings (SSSR count). The van der Waals surface area contributed by atoms with Gasteiger partial charge in [0.1, 0.15) is 19.3 Å². The van der Waals surface area contributed by atoms with Crippen LogP contribution in [0.1, 0.15) is 401 Å². The lowest BCUT2D eigenvalue weighted by Gasteiger charge is -2.21. The van der Waals surface area contributed by atoms with Crippen LogP contribution in [0.25, 0.3) is 0 Å². The predicted molar refractivity (Wildman–Crippen MR) is 391 cm³/mol. The van der Waals surface area contributed by atoms with Crippen molar-refractivity contribution >= 4 is 39.5 Å². The third-order valence-corrected chi connectivity index (χ3v) is 19.9. The highest BCUT2D eigenvalue weighted by Gasteiger charge is 2.30. The van der Waals surface area contributed by atoms with E-state index in [1.54, 1.807) is 0 Å². The standard InChI is InChI=1S/C77H150O17P2/c1-7-9-11-13-15-17-19-20-21-22-23-24-25-26-27-30-34-38-42-50-56-62-77(82)93-72(65-87-74(79)59-53-47-40-37-33-31-28-29-32-35-39-45-51-57-69(3)4)67-91-95(83,84)89-63-71(78)64-90-96(85,86)92-68-73(66-88-75(80)60-54-48-44-43-46-52-58-70(5)6)94-76(81)61-55-49-41-36-18-16-14-12-10-8-2/h69-73,78H,7-68H2,1-6H3,(H,83,84)(H,85,86)/t71-,72-,73-/m1/s1. The summed E-state index contributed by atoms with van der Waals surface area (Å²) >= 11 is 0. The number of rotatable bonds is 76. The van der Waals surface area contributed by atoms with Gasteiger partial charge in [-0.3, -0.25) is 37.3 Å². The van der Waals surface area contributed by atoms with Gasteiger partial charge in [0.2, 0.25) is 0 Å². The van der Waals surface area contributed by atoms with Crippen molar-refractivity contribution in [3.05, 3.63) is 0 Å².